The molecular weight excluding hydrogens is 241 g/mol. The second-order valence-electron chi connectivity index (χ2n) is 3.61. The van der Waals surface area contributed by atoms with Gasteiger partial charge < -0.3 is 10.2 Å². The average Bonchev–Trinajstić information content (AvgIpc) is 2.75. The van der Waals surface area contributed by atoms with E-state index in [1.807, 2.05) is 6.07 Å². The molecule has 1 aromatic heterocycles. The molecule has 4 nitrogen and oxygen atoms in total. The topological polar surface area (TPSA) is 64.9 Å². The van der Waals surface area contributed by atoms with Gasteiger partial charge in [-0.2, -0.15) is 0 Å². The Balaban J connectivity index is 1.97. The van der Waals surface area contributed by atoms with Crippen LogP contribution in [0.3, 0.4) is 0 Å². The van der Waals surface area contributed by atoms with Gasteiger partial charge in [0.25, 0.3) is 5.22 Å². The van der Waals surface area contributed by atoms with Crippen molar-refractivity contribution in [2.45, 2.75) is 23.9 Å². The highest BCUT2D eigenvalue weighted by molar-refractivity contribution is 7.98. The monoisotopic (exact) mass is 253 g/mol. The summed E-state index contributed by atoms with van der Waals surface area (Å²) in [5.41, 5.74) is 6.47. The first-order chi connectivity index (χ1) is 8.15. The highest BCUT2D eigenvalue weighted by atomic mass is 32.2. The predicted molar refractivity (Wildman–Crippen MR) is 62.9 cm³/mol. The number of hydrogen-bond donors (Lipinski definition) is 1. The third-order valence-electron chi connectivity index (χ3n) is 2.06. The molecule has 6 heteroatoms. The van der Waals surface area contributed by atoms with Crippen LogP contribution >= 0.6 is 11.8 Å². The van der Waals surface area contributed by atoms with Crippen LogP contribution in [0.15, 0.2) is 33.9 Å². The molecule has 0 bridgehead atoms. The lowest BCUT2D eigenvalue weighted by Crippen LogP contribution is -2.04. The second kappa shape index (κ2) is 5.29. The Bertz CT molecular complexity index is 501. The number of aromatic nitrogens is 2. The van der Waals surface area contributed by atoms with Crippen LogP contribution in [0.2, 0.25) is 0 Å². The zero-order valence-electron chi connectivity index (χ0n) is 9.26. The van der Waals surface area contributed by atoms with E-state index in [9.17, 15) is 4.39 Å². The molecule has 90 valence electrons. The molecule has 17 heavy (non-hydrogen) atoms. The van der Waals surface area contributed by atoms with Gasteiger partial charge in [0.1, 0.15) is 5.82 Å². The minimum atomic E-state index is -0.272. The number of thioether (sulfide) groups is 1. The van der Waals surface area contributed by atoms with Crippen molar-refractivity contribution in [1.29, 1.82) is 0 Å². The molecule has 0 fully saturated rings. The predicted octanol–water partition coefficient (Wildman–Crippen LogP) is 2.52. The maximum atomic E-state index is 12.9. The van der Waals surface area contributed by atoms with E-state index in [1.54, 1.807) is 13.0 Å². The number of hydrogen-bond acceptors (Lipinski definition) is 5. The molecule has 0 amide bonds. The van der Waals surface area contributed by atoms with E-state index in [0.717, 1.165) is 5.56 Å². The Morgan fingerprint density at radius 1 is 1.47 bits per heavy atom. The van der Waals surface area contributed by atoms with Gasteiger partial charge in [0, 0.05) is 5.75 Å². The van der Waals surface area contributed by atoms with E-state index >= 15 is 0 Å². The normalized spacial score (nSPS) is 12.6. The minimum Gasteiger partial charge on any atom is -0.414 e. The molecule has 1 heterocycles. The van der Waals surface area contributed by atoms with Gasteiger partial charge in [-0.3, -0.25) is 0 Å². The highest BCUT2D eigenvalue weighted by Crippen LogP contribution is 2.22. The van der Waals surface area contributed by atoms with Crippen LogP contribution in [0.5, 0.6) is 0 Å². The van der Waals surface area contributed by atoms with Crippen LogP contribution in [0, 0.1) is 5.82 Å². The summed E-state index contributed by atoms with van der Waals surface area (Å²) in [6.45, 7) is 1.77. The second-order valence-corrected chi connectivity index (χ2v) is 4.54. The Hall–Kier alpha value is -1.40. The zero-order chi connectivity index (χ0) is 12.3. The van der Waals surface area contributed by atoms with E-state index in [0.29, 0.717) is 16.9 Å². The van der Waals surface area contributed by atoms with Gasteiger partial charge in [-0.1, -0.05) is 23.9 Å². The van der Waals surface area contributed by atoms with Gasteiger partial charge in [-0.25, -0.2) is 4.39 Å². The summed E-state index contributed by atoms with van der Waals surface area (Å²) >= 11 is 1.36. The van der Waals surface area contributed by atoms with Crippen molar-refractivity contribution in [3.8, 4) is 0 Å². The van der Waals surface area contributed by atoms with Crippen molar-refractivity contribution >= 4 is 11.8 Å². The van der Waals surface area contributed by atoms with Crippen LogP contribution in [0.4, 0.5) is 4.39 Å². The maximum Gasteiger partial charge on any atom is 0.276 e. The lowest BCUT2D eigenvalue weighted by molar-refractivity contribution is 0.394. The Morgan fingerprint density at radius 2 is 2.29 bits per heavy atom. The summed E-state index contributed by atoms with van der Waals surface area (Å²) < 4.78 is 18.2. The number of nitrogens with two attached hydrogens (primary N) is 1. The van der Waals surface area contributed by atoms with Crippen molar-refractivity contribution in [1.82, 2.24) is 10.2 Å². The molecule has 2 aromatic rings. The third kappa shape index (κ3) is 3.28. The average molecular weight is 253 g/mol. The Labute approximate surface area is 102 Å². The van der Waals surface area contributed by atoms with Crippen LogP contribution in [-0.2, 0) is 5.75 Å². The van der Waals surface area contributed by atoms with Crippen molar-refractivity contribution < 1.29 is 8.81 Å². The molecule has 0 aliphatic carbocycles. The fraction of sp³-hybridized carbons (Fsp3) is 0.273. The quantitative estimate of drug-likeness (QED) is 0.848. The van der Waals surface area contributed by atoms with Gasteiger partial charge in [-0.15, -0.1) is 10.2 Å². The van der Waals surface area contributed by atoms with Gasteiger partial charge in [0.15, 0.2) is 0 Å². The Morgan fingerprint density at radius 3 is 2.94 bits per heavy atom. The van der Waals surface area contributed by atoms with Gasteiger partial charge in [0.05, 0.1) is 6.04 Å². The van der Waals surface area contributed by atoms with Gasteiger partial charge in [-0.05, 0) is 24.6 Å². The van der Waals surface area contributed by atoms with Gasteiger partial charge >= 0.3 is 0 Å². The van der Waals surface area contributed by atoms with Crippen molar-refractivity contribution in [3.63, 3.8) is 0 Å². The summed E-state index contributed by atoms with van der Waals surface area (Å²) in [6.07, 6.45) is 0. The first-order valence-electron chi connectivity index (χ1n) is 5.11. The van der Waals surface area contributed by atoms with E-state index < -0.39 is 0 Å². The van der Waals surface area contributed by atoms with E-state index in [2.05, 4.69) is 10.2 Å². The summed E-state index contributed by atoms with van der Waals surface area (Å²) in [4.78, 5) is 0. The van der Waals surface area contributed by atoms with Crippen LogP contribution < -0.4 is 5.73 Å². The molecular formula is C11H12FN3OS. The summed E-state index contributed by atoms with van der Waals surface area (Å²) in [6, 6.07) is 6.14. The number of nitrogens with zero attached hydrogens (tertiary/aromatic N) is 2. The summed E-state index contributed by atoms with van der Waals surface area (Å²) in [5.74, 6) is 0.745. The molecule has 0 radical (unpaired) electrons. The standard InChI is InChI=1S/C11H12FN3OS/c1-7(13)10-14-15-11(16-10)17-6-8-3-2-4-9(12)5-8/h2-5,7H,6,13H2,1H3. The molecule has 1 aromatic carbocycles. The molecule has 2 rings (SSSR count). The molecule has 1 unspecified atom stereocenters. The molecule has 0 aliphatic heterocycles. The number of halogens is 1. The van der Waals surface area contributed by atoms with Crippen LogP contribution in [-0.4, -0.2) is 10.2 Å². The van der Waals surface area contributed by atoms with Crippen LogP contribution in [0.1, 0.15) is 24.4 Å². The van der Waals surface area contributed by atoms with Crippen LogP contribution in [0.25, 0.3) is 0 Å². The molecule has 0 saturated carbocycles. The fourth-order valence-corrected chi connectivity index (χ4v) is 1.95. The fourth-order valence-electron chi connectivity index (χ4n) is 1.23. The lowest BCUT2D eigenvalue weighted by atomic mass is 10.2. The minimum absolute atomic E-state index is 0.245. The number of benzene rings is 1. The number of rotatable bonds is 4. The first-order valence-corrected chi connectivity index (χ1v) is 6.10. The molecule has 1 atom stereocenters. The molecule has 0 spiro atoms. The molecule has 0 aliphatic rings. The van der Waals surface area contributed by atoms with Crippen molar-refractivity contribution in [2.75, 3.05) is 0 Å². The molecule has 0 saturated heterocycles. The van der Waals surface area contributed by atoms with E-state index in [4.69, 9.17) is 10.2 Å². The highest BCUT2D eigenvalue weighted by Gasteiger charge is 2.10. The third-order valence-corrected chi connectivity index (χ3v) is 2.95. The van der Waals surface area contributed by atoms with Gasteiger partial charge in [0.2, 0.25) is 5.89 Å². The molecule has 2 N–H and O–H groups in total. The zero-order valence-corrected chi connectivity index (χ0v) is 10.1. The summed E-state index contributed by atoms with van der Waals surface area (Å²) in [7, 11) is 0. The first kappa shape index (κ1) is 12.1. The largest absolute Gasteiger partial charge is 0.414 e. The maximum absolute atomic E-state index is 12.9. The smallest absolute Gasteiger partial charge is 0.276 e. The van der Waals surface area contributed by atoms with Crippen molar-refractivity contribution in [2.24, 2.45) is 5.73 Å². The van der Waals surface area contributed by atoms with E-state index in [1.165, 1.54) is 23.9 Å². The SMILES string of the molecule is CC(N)c1nnc(SCc2cccc(F)c2)o1. The summed E-state index contributed by atoms with van der Waals surface area (Å²) in [5, 5.41) is 8.10. The van der Waals surface area contributed by atoms with Crippen molar-refractivity contribution in [3.05, 3.63) is 41.5 Å². The lowest BCUT2D eigenvalue weighted by Gasteiger charge is -1.98. The Kier molecular flexibility index (Phi) is 3.75. The van der Waals surface area contributed by atoms with E-state index in [-0.39, 0.29) is 11.9 Å².